The number of aromatic nitrogens is 1. The maximum Gasteiger partial charge on any atom is 0.272 e. The van der Waals surface area contributed by atoms with E-state index < -0.39 is 0 Å². The van der Waals surface area contributed by atoms with E-state index in [1.54, 1.807) is 25.2 Å². The third kappa shape index (κ3) is 2.75. The quantitative estimate of drug-likeness (QED) is 0.892. The van der Waals surface area contributed by atoms with Crippen molar-refractivity contribution in [3.63, 3.8) is 0 Å². The van der Waals surface area contributed by atoms with Gasteiger partial charge in [-0.05, 0) is 36.8 Å². The van der Waals surface area contributed by atoms with Gasteiger partial charge in [-0.2, -0.15) is 0 Å². The van der Waals surface area contributed by atoms with Crippen LogP contribution in [0.1, 0.15) is 29.8 Å². The number of pyridine rings is 1. The van der Waals surface area contributed by atoms with Gasteiger partial charge in [0.25, 0.3) is 5.91 Å². The van der Waals surface area contributed by atoms with Crippen molar-refractivity contribution in [1.82, 2.24) is 9.88 Å². The second-order valence-electron chi connectivity index (χ2n) is 6.52. The first-order chi connectivity index (χ1) is 10.1. The van der Waals surface area contributed by atoms with Gasteiger partial charge in [0.05, 0.1) is 0 Å². The molecule has 1 aromatic heterocycles. The number of fused-ring (bicyclic) bond motifs is 1. The Balaban J connectivity index is 1.79. The van der Waals surface area contributed by atoms with Crippen LogP contribution in [0.2, 0.25) is 0 Å². The number of carbonyl (C=O) groups is 1. The van der Waals surface area contributed by atoms with Crippen molar-refractivity contribution in [2.24, 2.45) is 17.6 Å². The number of rotatable bonds is 2. The number of hydrogen-bond acceptors (Lipinski definition) is 4. The minimum absolute atomic E-state index is 0.0508. The minimum atomic E-state index is -0.0508. The Bertz CT molecular complexity index is 531. The van der Waals surface area contributed by atoms with E-state index in [9.17, 15) is 4.79 Å². The zero-order valence-electron chi connectivity index (χ0n) is 12.8. The van der Waals surface area contributed by atoms with E-state index >= 15 is 0 Å². The molecule has 21 heavy (non-hydrogen) atoms. The van der Waals surface area contributed by atoms with E-state index in [0.717, 1.165) is 25.2 Å². The average molecular weight is 288 g/mol. The average Bonchev–Trinajstić information content (AvgIpc) is 2.92. The van der Waals surface area contributed by atoms with Crippen LogP contribution in [0.25, 0.3) is 0 Å². The monoisotopic (exact) mass is 288 g/mol. The fourth-order valence-electron chi connectivity index (χ4n) is 3.69. The lowest BCUT2D eigenvalue weighted by Crippen LogP contribution is -2.38. The van der Waals surface area contributed by atoms with Gasteiger partial charge in [0.2, 0.25) is 0 Å². The smallest absolute Gasteiger partial charge is 0.272 e. The number of nitrogens with zero attached hydrogens (tertiary/aromatic N) is 3. The fraction of sp³-hybridized carbons (Fsp3) is 0.625. The molecule has 0 radical (unpaired) electrons. The number of nitrogens with two attached hydrogens (primary N) is 1. The molecule has 1 aliphatic heterocycles. The molecule has 5 nitrogen and oxygen atoms in total. The second kappa shape index (κ2) is 5.64. The van der Waals surface area contributed by atoms with Gasteiger partial charge in [-0.25, -0.2) is 0 Å². The first-order valence-corrected chi connectivity index (χ1v) is 7.74. The molecule has 1 aromatic rings. The van der Waals surface area contributed by atoms with E-state index in [4.69, 9.17) is 5.73 Å². The molecule has 3 unspecified atom stereocenters. The van der Waals surface area contributed by atoms with Gasteiger partial charge in [-0.1, -0.05) is 6.42 Å². The van der Waals surface area contributed by atoms with Crippen LogP contribution in [0.3, 0.4) is 0 Å². The highest BCUT2D eigenvalue weighted by Crippen LogP contribution is 2.37. The summed E-state index contributed by atoms with van der Waals surface area (Å²) in [5, 5.41) is 0. The molecule has 0 spiro atoms. The predicted molar refractivity (Wildman–Crippen MR) is 83.3 cm³/mol. The minimum Gasteiger partial charge on any atom is -0.371 e. The lowest BCUT2D eigenvalue weighted by molar-refractivity contribution is 0.0822. The summed E-state index contributed by atoms with van der Waals surface area (Å²) >= 11 is 0. The van der Waals surface area contributed by atoms with Crippen LogP contribution >= 0.6 is 0 Å². The molecule has 3 rings (SSSR count). The van der Waals surface area contributed by atoms with Crippen LogP contribution in [0, 0.1) is 11.8 Å². The largest absolute Gasteiger partial charge is 0.371 e. The van der Waals surface area contributed by atoms with E-state index in [0.29, 0.717) is 23.6 Å². The van der Waals surface area contributed by atoms with Crippen molar-refractivity contribution < 1.29 is 4.79 Å². The van der Waals surface area contributed by atoms with Gasteiger partial charge >= 0.3 is 0 Å². The summed E-state index contributed by atoms with van der Waals surface area (Å²) in [6.45, 7) is 2.06. The van der Waals surface area contributed by atoms with E-state index in [-0.39, 0.29) is 5.91 Å². The first-order valence-electron chi connectivity index (χ1n) is 7.74. The molecule has 1 saturated carbocycles. The van der Waals surface area contributed by atoms with Crippen molar-refractivity contribution in [1.29, 1.82) is 0 Å². The Morgan fingerprint density at radius 3 is 2.90 bits per heavy atom. The van der Waals surface area contributed by atoms with E-state index in [1.165, 1.54) is 12.8 Å². The third-order valence-electron chi connectivity index (χ3n) is 4.89. The van der Waals surface area contributed by atoms with Gasteiger partial charge in [-0.3, -0.25) is 9.78 Å². The highest BCUT2D eigenvalue weighted by molar-refractivity contribution is 5.92. The molecule has 3 atom stereocenters. The summed E-state index contributed by atoms with van der Waals surface area (Å²) in [7, 11) is 3.50. The van der Waals surface area contributed by atoms with Crippen LogP contribution in [-0.4, -0.2) is 49.0 Å². The highest BCUT2D eigenvalue weighted by Gasteiger charge is 2.38. The lowest BCUT2D eigenvalue weighted by Gasteiger charge is -2.29. The number of amides is 1. The van der Waals surface area contributed by atoms with Gasteiger partial charge in [0, 0.05) is 45.1 Å². The summed E-state index contributed by atoms with van der Waals surface area (Å²) in [6, 6.07) is 4.24. The van der Waals surface area contributed by atoms with Crippen molar-refractivity contribution in [3.05, 3.63) is 24.0 Å². The molecule has 5 heteroatoms. The van der Waals surface area contributed by atoms with Crippen LogP contribution in [0.15, 0.2) is 18.3 Å². The van der Waals surface area contributed by atoms with Crippen LogP contribution in [-0.2, 0) is 0 Å². The fourth-order valence-corrected chi connectivity index (χ4v) is 3.69. The Hall–Kier alpha value is -1.62. The summed E-state index contributed by atoms with van der Waals surface area (Å²) in [5.74, 6) is 1.25. The summed E-state index contributed by atoms with van der Waals surface area (Å²) in [5.41, 5.74) is 7.88. The van der Waals surface area contributed by atoms with Crippen LogP contribution in [0.4, 0.5) is 5.69 Å². The molecule has 114 valence electrons. The van der Waals surface area contributed by atoms with E-state index in [1.807, 2.05) is 12.1 Å². The van der Waals surface area contributed by atoms with Crippen molar-refractivity contribution in [3.8, 4) is 0 Å². The molecule has 2 fully saturated rings. The summed E-state index contributed by atoms with van der Waals surface area (Å²) < 4.78 is 0. The number of hydrogen-bond donors (Lipinski definition) is 1. The Kier molecular flexibility index (Phi) is 3.85. The van der Waals surface area contributed by atoms with Gasteiger partial charge < -0.3 is 15.5 Å². The van der Waals surface area contributed by atoms with Crippen LogP contribution in [0.5, 0.6) is 0 Å². The molecule has 2 N–H and O–H groups in total. The molecular weight excluding hydrogens is 264 g/mol. The lowest BCUT2D eigenvalue weighted by atomic mass is 9.78. The zero-order chi connectivity index (χ0) is 15.0. The second-order valence-corrected chi connectivity index (χ2v) is 6.52. The normalized spacial score (nSPS) is 28.3. The highest BCUT2D eigenvalue weighted by atomic mass is 16.2. The molecule has 1 aliphatic carbocycles. The SMILES string of the molecule is CN(C)C(=O)c1cc(N2CC3CCCC(N)C3C2)ccn1. The Morgan fingerprint density at radius 1 is 1.38 bits per heavy atom. The molecular formula is C16H24N4O. The number of carbonyl (C=O) groups excluding carboxylic acids is 1. The molecule has 0 bridgehead atoms. The zero-order valence-corrected chi connectivity index (χ0v) is 12.8. The molecule has 2 aliphatic rings. The molecule has 1 saturated heterocycles. The Labute approximate surface area is 126 Å². The summed E-state index contributed by atoms with van der Waals surface area (Å²) in [6.07, 6.45) is 5.41. The topological polar surface area (TPSA) is 62.5 Å². The third-order valence-corrected chi connectivity index (χ3v) is 4.89. The van der Waals surface area contributed by atoms with Gasteiger partial charge in [0.1, 0.15) is 5.69 Å². The molecule has 0 aromatic carbocycles. The van der Waals surface area contributed by atoms with Crippen molar-refractivity contribution in [2.75, 3.05) is 32.1 Å². The summed E-state index contributed by atoms with van der Waals surface area (Å²) in [4.78, 5) is 20.2. The van der Waals surface area contributed by atoms with Crippen LogP contribution < -0.4 is 10.6 Å². The predicted octanol–water partition coefficient (Wildman–Crippen LogP) is 1.35. The maximum atomic E-state index is 12.0. The standard InChI is InChI=1S/C16H24N4O/c1-19(2)16(21)15-8-12(6-7-18-15)20-9-11-4-3-5-14(17)13(11)10-20/h6-8,11,13-14H,3-5,9-10,17H2,1-2H3. The Morgan fingerprint density at radius 2 is 2.19 bits per heavy atom. The van der Waals surface area contributed by atoms with Crippen molar-refractivity contribution in [2.45, 2.75) is 25.3 Å². The number of anilines is 1. The first kappa shape index (κ1) is 14.3. The van der Waals surface area contributed by atoms with Gasteiger partial charge in [-0.15, -0.1) is 0 Å². The maximum absolute atomic E-state index is 12.0. The van der Waals surface area contributed by atoms with E-state index in [2.05, 4.69) is 9.88 Å². The molecule has 2 heterocycles. The van der Waals surface area contributed by atoms with Crippen molar-refractivity contribution >= 4 is 11.6 Å². The molecule has 1 amide bonds. The van der Waals surface area contributed by atoms with Gasteiger partial charge in [0.15, 0.2) is 0 Å².